The van der Waals surface area contributed by atoms with Crippen LogP contribution in [0.25, 0.3) is 0 Å². The number of carboxylic acids is 1. The number of rotatable bonds is 5. The molecule has 6 nitrogen and oxygen atoms in total. The number of aliphatic carboxylic acids is 1. The Morgan fingerprint density at radius 2 is 2.17 bits per heavy atom. The number of nitrogens with one attached hydrogen (secondary N) is 1. The Hall–Kier alpha value is -1.30. The van der Waals surface area contributed by atoms with Crippen LogP contribution < -0.4 is 5.32 Å². The Morgan fingerprint density at radius 1 is 1.50 bits per heavy atom. The summed E-state index contributed by atoms with van der Waals surface area (Å²) in [5, 5.41) is 11.8. The Labute approximate surface area is 107 Å². The van der Waals surface area contributed by atoms with Crippen LogP contribution in [-0.4, -0.2) is 54.9 Å². The lowest BCUT2D eigenvalue weighted by Crippen LogP contribution is -2.47. The van der Waals surface area contributed by atoms with Gasteiger partial charge in [0, 0.05) is 20.2 Å². The molecule has 2 N–H and O–H groups in total. The van der Waals surface area contributed by atoms with Crippen LogP contribution in [0.2, 0.25) is 0 Å². The van der Waals surface area contributed by atoms with Gasteiger partial charge in [-0.05, 0) is 26.2 Å². The van der Waals surface area contributed by atoms with E-state index in [4.69, 9.17) is 9.84 Å². The number of carboxylic acid groups (broad SMARTS) is 1. The summed E-state index contributed by atoms with van der Waals surface area (Å²) in [7, 11) is 3.30. The van der Waals surface area contributed by atoms with Crippen molar-refractivity contribution in [1.82, 2.24) is 10.2 Å². The summed E-state index contributed by atoms with van der Waals surface area (Å²) in [5.41, 5.74) is 0. The first-order chi connectivity index (χ1) is 8.45. The Kier molecular flexibility index (Phi) is 5.40. The Morgan fingerprint density at radius 3 is 2.67 bits per heavy atom. The molecule has 1 unspecified atom stereocenters. The van der Waals surface area contributed by atoms with Crippen LogP contribution in [0, 0.1) is 5.92 Å². The van der Waals surface area contributed by atoms with Crippen molar-refractivity contribution < 1.29 is 19.4 Å². The molecule has 0 radical (unpaired) electrons. The summed E-state index contributed by atoms with van der Waals surface area (Å²) in [6, 6.07) is -0.210. The molecule has 0 aromatic carbocycles. The lowest BCUT2D eigenvalue weighted by Gasteiger charge is -2.26. The van der Waals surface area contributed by atoms with Gasteiger partial charge in [-0.3, -0.25) is 4.79 Å². The van der Waals surface area contributed by atoms with Gasteiger partial charge in [-0.2, -0.15) is 0 Å². The number of hydrogen-bond donors (Lipinski definition) is 2. The molecule has 0 spiro atoms. The molecule has 1 aliphatic rings. The normalized spacial score (nSPS) is 24.6. The van der Waals surface area contributed by atoms with Crippen LogP contribution in [0.5, 0.6) is 0 Å². The lowest BCUT2D eigenvalue weighted by molar-refractivity contribution is -0.141. The number of methoxy groups -OCH3 is 1. The zero-order valence-electron chi connectivity index (χ0n) is 11.2. The number of carbonyl (C=O) groups excluding carboxylic acids is 1. The second-order valence-electron chi connectivity index (χ2n) is 4.91. The fourth-order valence-corrected chi connectivity index (χ4v) is 2.17. The molecule has 0 heterocycles. The molecular formula is C12H22N2O4. The number of hydrogen-bond acceptors (Lipinski definition) is 3. The van der Waals surface area contributed by atoms with Crippen molar-refractivity contribution in [3.63, 3.8) is 0 Å². The summed E-state index contributed by atoms with van der Waals surface area (Å²) in [5.74, 6) is -1.09. The van der Waals surface area contributed by atoms with E-state index in [1.807, 2.05) is 6.92 Å². The predicted octanol–water partition coefficient (Wildman–Crippen LogP) is 0.916. The number of amides is 2. The van der Waals surface area contributed by atoms with Crippen molar-refractivity contribution in [1.29, 1.82) is 0 Å². The highest BCUT2D eigenvalue weighted by atomic mass is 16.5. The van der Waals surface area contributed by atoms with Crippen LogP contribution in [0.1, 0.15) is 26.2 Å². The highest BCUT2D eigenvalue weighted by Crippen LogP contribution is 2.25. The summed E-state index contributed by atoms with van der Waals surface area (Å²) in [6.07, 6.45) is 1.89. The van der Waals surface area contributed by atoms with Gasteiger partial charge in [0.15, 0.2) is 0 Å². The third kappa shape index (κ3) is 3.87. The zero-order valence-corrected chi connectivity index (χ0v) is 11.2. The van der Waals surface area contributed by atoms with E-state index in [-0.39, 0.29) is 24.0 Å². The smallest absolute Gasteiger partial charge is 0.317 e. The van der Waals surface area contributed by atoms with Gasteiger partial charge in [0.1, 0.15) is 0 Å². The fourth-order valence-electron chi connectivity index (χ4n) is 2.17. The molecule has 18 heavy (non-hydrogen) atoms. The fraction of sp³-hybridized carbons (Fsp3) is 0.833. The lowest BCUT2D eigenvalue weighted by atomic mass is 10.1. The van der Waals surface area contributed by atoms with E-state index in [2.05, 4.69) is 5.32 Å². The van der Waals surface area contributed by atoms with E-state index in [0.717, 1.165) is 6.42 Å². The molecule has 0 saturated heterocycles. The first kappa shape index (κ1) is 14.8. The minimum atomic E-state index is -0.771. The third-order valence-electron chi connectivity index (χ3n) is 3.50. The second kappa shape index (κ2) is 6.58. The molecule has 6 heteroatoms. The zero-order chi connectivity index (χ0) is 13.7. The molecule has 1 saturated carbocycles. The SMILES string of the molecule is COCC(C)N(C)C(=O)N[C@H]1CC[C@@H](C(=O)O)C1. The van der Waals surface area contributed by atoms with E-state index in [1.165, 1.54) is 0 Å². The highest BCUT2D eigenvalue weighted by molar-refractivity contribution is 5.75. The van der Waals surface area contributed by atoms with Crippen molar-refractivity contribution in [2.24, 2.45) is 5.92 Å². The van der Waals surface area contributed by atoms with Crippen LogP contribution in [0.15, 0.2) is 0 Å². The highest BCUT2D eigenvalue weighted by Gasteiger charge is 2.31. The van der Waals surface area contributed by atoms with Gasteiger partial charge in [0.25, 0.3) is 0 Å². The third-order valence-corrected chi connectivity index (χ3v) is 3.50. The van der Waals surface area contributed by atoms with Crippen LogP contribution in [0.3, 0.4) is 0 Å². The maximum absolute atomic E-state index is 11.9. The van der Waals surface area contributed by atoms with Gasteiger partial charge in [-0.1, -0.05) is 0 Å². The van der Waals surface area contributed by atoms with Gasteiger partial charge in [-0.15, -0.1) is 0 Å². The van der Waals surface area contributed by atoms with E-state index in [0.29, 0.717) is 19.4 Å². The van der Waals surface area contributed by atoms with Gasteiger partial charge in [-0.25, -0.2) is 4.79 Å². The average molecular weight is 258 g/mol. The molecule has 2 amide bonds. The standard InChI is InChI=1S/C12H22N2O4/c1-8(7-18-3)14(2)12(17)13-10-5-4-9(6-10)11(15)16/h8-10H,4-7H2,1-3H3,(H,13,17)(H,15,16)/t8?,9-,10+/m1/s1. The monoisotopic (exact) mass is 258 g/mol. The summed E-state index contributed by atoms with van der Waals surface area (Å²) in [6.45, 7) is 2.38. The number of carbonyl (C=O) groups is 2. The average Bonchev–Trinajstić information content (AvgIpc) is 2.77. The van der Waals surface area contributed by atoms with Crippen LogP contribution in [-0.2, 0) is 9.53 Å². The van der Waals surface area contributed by atoms with Crippen molar-refractivity contribution in [3.8, 4) is 0 Å². The topological polar surface area (TPSA) is 78.9 Å². The van der Waals surface area contributed by atoms with Crippen molar-refractivity contribution in [2.75, 3.05) is 20.8 Å². The van der Waals surface area contributed by atoms with Gasteiger partial charge in [0.2, 0.25) is 0 Å². The van der Waals surface area contributed by atoms with E-state index >= 15 is 0 Å². The maximum atomic E-state index is 11.9. The number of urea groups is 1. The Bertz CT molecular complexity index is 308. The number of likely N-dealkylation sites (N-methyl/N-ethyl adjacent to an activating group) is 1. The quantitative estimate of drug-likeness (QED) is 0.768. The minimum absolute atomic E-state index is 0.00771. The van der Waals surface area contributed by atoms with Crippen molar-refractivity contribution in [2.45, 2.75) is 38.3 Å². The molecule has 1 fully saturated rings. The van der Waals surface area contributed by atoms with Crippen molar-refractivity contribution in [3.05, 3.63) is 0 Å². The molecule has 104 valence electrons. The minimum Gasteiger partial charge on any atom is -0.481 e. The van der Waals surface area contributed by atoms with Crippen LogP contribution in [0.4, 0.5) is 4.79 Å². The first-order valence-electron chi connectivity index (χ1n) is 6.20. The molecule has 1 rings (SSSR count). The predicted molar refractivity (Wildman–Crippen MR) is 66.4 cm³/mol. The van der Waals surface area contributed by atoms with Crippen LogP contribution >= 0.6 is 0 Å². The molecule has 0 aromatic rings. The number of nitrogens with zero attached hydrogens (tertiary/aromatic N) is 1. The largest absolute Gasteiger partial charge is 0.481 e. The van der Waals surface area contributed by atoms with E-state index in [1.54, 1.807) is 19.1 Å². The number of ether oxygens (including phenoxy) is 1. The molecule has 0 aromatic heterocycles. The second-order valence-corrected chi connectivity index (χ2v) is 4.91. The van der Waals surface area contributed by atoms with Gasteiger partial charge < -0.3 is 20.1 Å². The van der Waals surface area contributed by atoms with E-state index < -0.39 is 5.97 Å². The Balaban J connectivity index is 2.39. The molecule has 0 bridgehead atoms. The van der Waals surface area contributed by atoms with Crippen molar-refractivity contribution >= 4 is 12.0 Å². The molecule has 3 atom stereocenters. The first-order valence-corrected chi connectivity index (χ1v) is 6.20. The van der Waals surface area contributed by atoms with Gasteiger partial charge in [0.05, 0.1) is 18.6 Å². The molecule has 0 aliphatic heterocycles. The molecular weight excluding hydrogens is 236 g/mol. The summed E-state index contributed by atoms with van der Waals surface area (Å²) in [4.78, 5) is 24.3. The molecule has 1 aliphatic carbocycles. The summed E-state index contributed by atoms with van der Waals surface area (Å²) < 4.78 is 4.99. The van der Waals surface area contributed by atoms with E-state index in [9.17, 15) is 9.59 Å². The van der Waals surface area contributed by atoms with Gasteiger partial charge >= 0.3 is 12.0 Å². The maximum Gasteiger partial charge on any atom is 0.317 e. The summed E-state index contributed by atoms with van der Waals surface area (Å²) >= 11 is 0.